The van der Waals surface area contributed by atoms with Gasteiger partial charge in [-0.15, -0.1) is 0 Å². The highest BCUT2D eigenvalue weighted by molar-refractivity contribution is 7.89. The first-order valence-electron chi connectivity index (χ1n) is 5.42. The molecule has 5 nitrogen and oxygen atoms in total. The zero-order valence-corrected chi connectivity index (χ0v) is 11.4. The molecule has 2 rings (SSSR count). The molecule has 0 radical (unpaired) electrons. The van der Waals surface area contributed by atoms with Crippen LogP contribution in [0.2, 0.25) is 5.02 Å². The molecule has 0 amide bonds. The van der Waals surface area contributed by atoms with Crippen LogP contribution in [0.15, 0.2) is 47.6 Å². The van der Waals surface area contributed by atoms with E-state index in [4.69, 9.17) is 16.7 Å². The van der Waals surface area contributed by atoms with Gasteiger partial charge in [-0.1, -0.05) is 41.9 Å². The number of nitrogens with zero attached hydrogens (tertiary/aromatic N) is 1. The highest BCUT2D eigenvalue weighted by Crippen LogP contribution is 2.27. The van der Waals surface area contributed by atoms with E-state index in [9.17, 15) is 8.42 Å². The average molecular weight is 298 g/mol. The second-order valence-corrected chi connectivity index (χ2v) is 5.82. The van der Waals surface area contributed by atoms with E-state index in [0.717, 1.165) is 5.56 Å². The normalized spacial score (nSPS) is 11.3. The topological polar surface area (TPSA) is 85.1 Å². The van der Waals surface area contributed by atoms with Crippen molar-refractivity contribution in [1.82, 2.24) is 4.98 Å². The number of benzene rings is 1. The molecule has 0 unspecified atom stereocenters. The molecule has 0 aliphatic carbocycles. The van der Waals surface area contributed by atoms with Gasteiger partial charge in [0.05, 0.1) is 10.7 Å². The second kappa shape index (κ2) is 5.56. The van der Waals surface area contributed by atoms with Crippen molar-refractivity contribution < 1.29 is 8.42 Å². The fourth-order valence-electron chi connectivity index (χ4n) is 1.59. The second-order valence-electron chi connectivity index (χ2n) is 3.88. The summed E-state index contributed by atoms with van der Waals surface area (Å²) in [5.41, 5.74) is 1.26. The van der Waals surface area contributed by atoms with E-state index in [1.807, 2.05) is 30.3 Å². The Morgan fingerprint density at radius 2 is 1.89 bits per heavy atom. The highest BCUT2D eigenvalue weighted by atomic mass is 35.5. The Morgan fingerprint density at radius 3 is 2.53 bits per heavy atom. The predicted octanol–water partition coefficient (Wildman–Crippen LogP) is 1.99. The van der Waals surface area contributed by atoms with Crippen LogP contribution in [0.25, 0.3) is 0 Å². The smallest absolute Gasteiger partial charge is 0.241 e. The van der Waals surface area contributed by atoms with Crippen molar-refractivity contribution in [1.29, 1.82) is 0 Å². The monoisotopic (exact) mass is 297 g/mol. The van der Waals surface area contributed by atoms with Gasteiger partial charge in [0.2, 0.25) is 10.0 Å². The maximum Gasteiger partial charge on any atom is 0.241 e. The summed E-state index contributed by atoms with van der Waals surface area (Å²) in [7, 11) is -3.87. The van der Waals surface area contributed by atoms with Crippen LogP contribution in [0.4, 0.5) is 5.69 Å². The van der Waals surface area contributed by atoms with Gasteiger partial charge in [0.25, 0.3) is 0 Å². The SMILES string of the molecule is NS(=O)(=O)c1cncc(Cl)c1NCc1ccccc1. The van der Waals surface area contributed by atoms with Crippen LogP contribution in [0, 0.1) is 0 Å². The van der Waals surface area contributed by atoms with Crippen molar-refractivity contribution in [2.45, 2.75) is 11.4 Å². The van der Waals surface area contributed by atoms with Crippen LogP contribution in [0.5, 0.6) is 0 Å². The number of halogens is 1. The van der Waals surface area contributed by atoms with Crippen molar-refractivity contribution in [3.8, 4) is 0 Å². The van der Waals surface area contributed by atoms with Gasteiger partial charge in [0.15, 0.2) is 0 Å². The van der Waals surface area contributed by atoms with Crippen LogP contribution >= 0.6 is 11.6 Å². The summed E-state index contributed by atoms with van der Waals surface area (Å²) < 4.78 is 22.9. The first-order valence-corrected chi connectivity index (χ1v) is 7.35. The molecule has 1 aromatic carbocycles. The number of sulfonamides is 1. The summed E-state index contributed by atoms with van der Waals surface area (Å²) in [4.78, 5) is 3.62. The molecule has 2 aromatic rings. The lowest BCUT2D eigenvalue weighted by atomic mass is 10.2. The van der Waals surface area contributed by atoms with Gasteiger partial charge < -0.3 is 5.32 Å². The molecule has 1 aromatic heterocycles. The summed E-state index contributed by atoms with van der Waals surface area (Å²) in [5, 5.41) is 8.31. The van der Waals surface area contributed by atoms with E-state index in [-0.39, 0.29) is 15.6 Å². The number of pyridine rings is 1. The third-order valence-electron chi connectivity index (χ3n) is 2.48. The largest absolute Gasteiger partial charge is 0.379 e. The molecular formula is C12H12ClN3O2S. The lowest BCUT2D eigenvalue weighted by molar-refractivity contribution is 0.597. The zero-order valence-electron chi connectivity index (χ0n) is 9.88. The van der Waals surface area contributed by atoms with E-state index in [0.29, 0.717) is 6.54 Å². The molecule has 7 heteroatoms. The minimum atomic E-state index is -3.87. The van der Waals surface area contributed by atoms with Crippen molar-refractivity contribution in [3.63, 3.8) is 0 Å². The maximum atomic E-state index is 11.5. The number of anilines is 1. The van der Waals surface area contributed by atoms with Gasteiger partial charge in [-0.3, -0.25) is 4.98 Å². The van der Waals surface area contributed by atoms with Gasteiger partial charge in [-0.05, 0) is 5.56 Å². The maximum absolute atomic E-state index is 11.5. The zero-order chi connectivity index (χ0) is 13.9. The van der Waals surface area contributed by atoms with Crippen LogP contribution < -0.4 is 10.5 Å². The standard InChI is InChI=1S/C12H12ClN3O2S/c13-10-7-15-8-11(19(14,17)18)12(10)16-6-9-4-2-1-3-5-9/h1-5,7-8H,6H2,(H,15,16)(H2,14,17,18). The van der Waals surface area contributed by atoms with Gasteiger partial charge in [-0.25, -0.2) is 13.6 Å². The Hall–Kier alpha value is -1.63. The van der Waals surface area contributed by atoms with Crippen molar-refractivity contribution in [2.24, 2.45) is 5.14 Å². The molecule has 19 heavy (non-hydrogen) atoms. The molecule has 100 valence electrons. The third kappa shape index (κ3) is 3.44. The molecule has 0 bridgehead atoms. The van der Waals surface area contributed by atoms with E-state index in [2.05, 4.69) is 10.3 Å². The summed E-state index contributed by atoms with van der Waals surface area (Å²) in [5.74, 6) is 0. The Bertz CT molecular complexity index is 675. The Balaban J connectivity index is 2.30. The molecule has 0 fully saturated rings. The van der Waals surface area contributed by atoms with E-state index < -0.39 is 10.0 Å². The van der Waals surface area contributed by atoms with Crippen molar-refractivity contribution >= 4 is 27.3 Å². The molecule has 0 atom stereocenters. The summed E-state index contributed by atoms with van der Waals surface area (Å²) in [6, 6.07) is 9.52. The molecule has 1 heterocycles. The molecule has 0 aliphatic rings. The minimum Gasteiger partial charge on any atom is -0.379 e. The van der Waals surface area contributed by atoms with Crippen LogP contribution in [0.1, 0.15) is 5.56 Å². The van der Waals surface area contributed by atoms with Gasteiger partial charge >= 0.3 is 0 Å². The minimum absolute atomic E-state index is 0.115. The average Bonchev–Trinajstić information content (AvgIpc) is 2.37. The number of rotatable bonds is 4. The van der Waals surface area contributed by atoms with Gasteiger partial charge in [-0.2, -0.15) is 0 Å². The lowest BCUT2D eigenvalue weighted by Crippen LogP contribution is -2.15. The van der Waals surface area contributed by atoms with Gasteiger partial charge in [0, 0.05) is 18.9 Å². The summed E-state index contributed by atoms with van der Waals surface area (Å²) in [6.07, 6.45) is 2.54. The predicted molar refractivity (Wildman–Crippen MR) is 74.4 cm³/mol. The quantitative estimate of drug-likeness (QED) is 0.904. The van der Waals surface area contributed by atoms with E-state index >= 15 is 0 Å². The first kappa shape index (κ1) is 13.8. The fraction of sp³-hybridized carbons (Fsp3) is 0.0833. The fourth-order valence-corrected chi connectivity index (χ4v) is 2.55. The number of nitrogens with one attached hydrogen (secondary N) is 1. The Labute approximate surface area is 116 Å². The lowest BCUT2D eigenvalue weighted by Gasteiger charge is -2.11. The summed E-state index contributed by atoms with van der Waals surface area (Å²) >= 11 is 5.96. The number of nitrogens with two attached hydrogens (primary N) is 1. The molecular weight excluding hydrogens is 286 g/mol. The van der Waals surface area contributed by atoms with Crippen molar-refractivity contribution in [3.05, 3.63) is 53.3 Å². The molecule has 0 spiro atoms. The summed E-state index contributed by atoms with van der Waals surface area (Å²) in [6.45, 7) is 0.438. The van der Waals surface area contributed by atoms with Crippen molar-refractivity contribution in [2.75, 3.05) is 5.32 Å². The van der Waals surface area contributed by atoms with Crippen LogP contribution in [0.3, 0.4) is 0 Å². The van der Waals surface area contributed by atoms with E-state index in [1.54, 1.807) is 0 Å². The van der Waals surface area contributed by atoms with Crippen LogP contribution in [-0.2, 0) is 16.6 Å². The molecule has 0 saturated heterocycles. The highest BCUT2D eigenvalue weighted by Gasteiger charge is 2.17. The Kier molecular flexibility index (Phi) is 4.04. The number of hydrogen-bond acceptors (Lipinski definition) is 4. The first-order chi connectivity index (χ1) is 8.98. The number of primary sulfonamides is 1. The van der Waals surface area contributed by atoms with E-state index in [1.165, 1.54) is 12.4 Å². The molecule has 3 N–H and O–H groups in total. The molecule has 0 aliphatic heterocycles. The molecule has 0 saturated carbocycles. The Morgan fingerprint density at radius 1 is 1.21 bits per heavy atom. The number of hydrogen-bond donors (Lipinski definition) is 2. The third-order valence-corrected chi connectivity index (χ3v) is 3.69. The van der Waals surface area contributed by atoms with Crippen LogP contribution in [-0.4, -0.2) is 13.4 Å². The van der Waals surface area contributed by atoms with Gasteiger partial charge in [0.1, 0.15) is 4.90 Å². The number of aromatic nitrogens is 1.